The summed E-state index contributed by atoms with van der Waals surface area (Å²) in [6, 6.07) is 0. The van der Waals surface area contributed by atoms with Gasteiger partial charge in [-0.25, -0.2) is 0 Å². The summed E-state index contributed by atoms with van der Waals surface area (Å²) in [5, 5.41) is 0. The van der Waals surface area contributed by atoms with Gasteiger partial charge in [0.25, 0.3) is 0 Å². The summed E-state index contributed by atoms with van der Waals surface area (Å²) in [6.45, 7) is 22.4. The van der Waals surface area contributed by atoms with Gasteiger partial charge in [-0.2, -0.15) is 0 Å². The first-order valence-electron chi connectivity index (χ1n) is 16.9. The number of ketones is 1. The van der Waals surface area contributed by atoms with Crippen molar-refractivity contribution < 1.29 is 19.1 Å². The van der Waals surface area contributed by atoms with Crippen LogP contribution in [0.15, 0.2) is 23.8 Å². The van der Waals surface area contributed by atoms with Crippen LogP contribution in [0.2, 0.25) is 0 Å². The normalized spacial score (nSPS) is 45.9. The van der Waals surface area contributed by atoms with E-state index in [1.54, 1.807) is 0 Å². The molecule has 3 saturated carbocycles. The van der Waals surface area contributed by atoms with Crippen LogP contribution < -0.4 is 0 Å². The van der Waals surface area contributed by atoms with Crippen molar-refractivity contribution in [3.05, 3.63) is 23.8 Å². The predicted octanol–water partition coefficient (Wildman–Crippen LogP) is 8.88. The Bertz CT molecular complexity index is 1070. The third-order valence-electron chi connectivity index (χ3n) is 14.2. The van der Waals surface area contributed by atoms with E-state index in [4.69, 9.17) is 9.47 Å². The van der Waals surface area contributed by atoms with Gasteiger partial charge in [0.15, 0.2) is 18.4 Å². The first-order chi connectivity index (χ1) is 19.2. The molecular weight excluding hydrogens is 508 g/mol. The third-order valence-corrected chi connectivity index (χ3v) is 14.2. The predicted molar refractivity (Wildman–Crippen MR) is 165 cm³/mol. The van der Waals surface area contributed by atoms with E-state index in [2.05, 4.69) is 61.1 Å². The van der Waals surface area contributed by atoms with Gasteiger partial charge < -0.3 is 9.47 Å². The highest BCUT2D eigenvalue weighted by Crippen LogP contribution is 2.71. The quantitative estimate of drug-likeness (QED) is 0.167. The molecule has 4 aliphatic carbocycles. The molecule has 0 amide bonds. The van der Waals surface area contributed by atoms with Gasteiger partial charge in [0.2, 0.25) is 0 Å². The molecule has 5 aliphatic rings. The lowest BCUT2D eigenvalue weighted by molar-refractivity contribution is -0.188. The maximum absolute atomic E-state index is 13.3. The minimum absolute atomic E-state index is 0.0447. The summed E-state index contributed by atoms with van der Waals surface area (Å²) in [7, 11) is 0. The van der Waals surface area contributed by atoms with Crippen molar-refractivity contribution in [2.24, 2.45) is 50.7 Å². The first-order valence-corrected chi connectivity index (χ1v) is 16.9. The van der Waals surface area contributed by atoms with Crippen molar-refractivity contribution in [1.82, 2.24) is 0 Å². The van der Waals surface area contributed by atoms with Gasteiger partial charge in [-0.05, 0) is 123 Å². The smallest absolute Gasteiger partial charge is 0.171 e. The molecule has 230 valence electrons. The van der Waals surface area contributed by atoms with Crippen molar-refractivity contribution >= 4 is 12.1 Å². The van der Waals surface area contributed by atoms with Crippen molar-refractivity contribution in [3.63, 3.8) is 0 Å². The molecule has 41 heavy (non-hydrogen) atoms. The molecule has 0 spiro atoms. The number of carbonyl (C=O) groups excluding carboxylic acids is 2. The highest BCUT2D eigenvalue weighted by Gasteiger charge is 2.65. The van der Waals surface area contributed by atoms with E-state index in [1.165, 1.54) is 63.4 Å². The lowest BCUT2D eigenvalue weighted by atomic mass is 9.37. The maximum atomic E-state index is 13.3. The second-order valence-corrected chi connectivity index (χ2v) is 16.4. The van der Waals surface area contributed by atoms with Crippen LogP contribution in [-0.4, -0.2) is 31.6 Å². The second kappa shape index (κ2) is 11.0. The number of ether oxygens (including phenoxy) is 2. The van der Waals surface area contributed by atoms with Crippen LogP contribution in [0.3, 0.4) is 0 Å². The number of rotatable bonds is 8. The molecule has 0 N–H and O–H groups in total. The minimum atomic E-state index is -0.492. The number of fused-ring (bicyclic) bond motifs is 3. The fourth-order valence-electron chi connectivity index (χ4n) is 11.2. The molecule has 5 rings (SSSR count). The van der Waals surface area contributed by atoms with Crippen molar-refractivity contribution in [2.45, 2.75) is 132 Å². The van der Waals surface area contributed by atoms with E-state index in [-0.39, 0.29) is 39.7 Å². The summed E-state index contributed by atoms with van der Waals surface area (Å²) in [5.74, 6) is 1.92. The first kappa shape index (κ1) is 31.2. The molecule has 0 aromatic heterocycles. The average Bonchev–Trinajstić information content (AvgIpc) is 3.26. The number of allylic oxidation sites excluding steroid dienone is 3. The molecular formula is C37H58O4. The molecule has 9 atom stereocenters. The van der Waals surface area contributed by atoms with E-state index in [9.17, 15) is 9.59 Å². The number of hydrogen-bond acceptors (Lipinski definition) is 4. The molecule has 1 heterocycles. The Balaban J connectivity index is 1.42. The Morgan fingerprint density at radius 1 is 1.00 bits per heavy atom. The van der Waals surface area contributed by atoms with Gasteiger partial charge in [-0.15, -0.1) is 0 Å². The number of Topliss-reactive ketones (excluding diaryl/α,β-unsaturated/α-hetero) is 1. The summed E-state index contributed by atoms with van der Waals surface area (Å²) in [5.41, 5.74) is 1.64. The fourth-order valence-corrected chi connectivity index (χ4v) is 11.2. The maximum Gasteiger partial charge on any atom is 0.171 e. The van der Waals surface area contributed by atoms with Gasteiger partial charge in [-0.1, -0.05) is 66.2 Å². The van der Waals surface area contributed by atoms with Crippen molar-refractivity contribution in [3.8, 4) is 0 Å². The van der Waals surface area contributed by atoms with E-state index in [1.807, 2.05) is 0 Å². The molecule has 1 unspecified atom stereocenters. The zero-order chi connectivity index (χ0) is 29.8. The Morgan fingerprint density at radius 3 is 2.39 bits per heavy atom. The Kier molecular flexibility index (Phi) is 8.38. The summed E-state index contributed by atoms with van der Waals surface area (Å²) in [6.07, 6.45) is 17.0. The lowest BCUT2D eigenvalue weighted by Crippen LogP contribution is -2.61. The zero-order valence-electron chi connectivity index (χ0n) is 27.3. The lowest BCUT2D eigenvalue weighted by Gasteiger charge is -2.67. The Morgan fingerprint density at radius 2 is 1.76 bits per heavy atom. The Hall–Kier alpha value is -1.26. The molecule has 4 fully saturated rings. The average molecular weight is 567 g/mol. The van der Waals surface area contributed by atoms with Crippen LogP contribution in [0, 0.1) is 50.7 Å². The van der Waals surface area contributed by atoms with Crippen LogP contribution in [-0.2, 0) is 19.1 Å². The number of aldehydes is 1. The molecule has 1 saturated heterocycles. The molecule has 0 aromatic carbocycles. The van der Waals surface area contributed by atoms with Gasteiger partial charge in [-0.3, -0.25) is 9.59 Å². The molecule has 1 aliphatic heterocycles. The van der Waals surface area contributed by atoms with Gasteiger partial charge >= 0.3 is 0 Å². The van der Waals surface area contributed by atoms with Crippen molar-refractivity contribution in [2.75, 3.05) is 13.2 Å². The summed E-state index contributed by atoms with van der Waals surface area (Å²) < 4.78 is 12.6. The number of hydrogen-bond donors (Lipinski definition) is 0. The van der Waals surface area contributed by atoms with E-state index < -0.39 is 5.41 Å². The standard InChI is InChI=1S/C37H58O4/c1-25(2)28-14-18-37(26(28)3,24-41-31-13-9-10-21-40-31)20-19-34(6)16-11-12-30-35(7)22-27(23-38)32(39)33(4,5)29(35)15-17-36(30,34)8/h22-23,26,28-31H,1,9-21,24H2,2-8H3/t26-,28-,29-,30+,31?,34-,35-,36+,37+/m0/s1. The summed E-state index contributed by atoms with van der Waals surface area (Å²) >= 11 is 0. The number of carbonyl (C=O) groups is 2. The molecule has 0 aromatic rings. The van der Waals surface area contributed by atoms with Gasteiger partial charge in [0, 0.05) is 12.0 Å². The van der Waals surface area contributed by atoms with Crippen LogP contribution in [0.1, 0.15) is 126 Å². The molecule has 4 heteroatoms. The topological polar surface area (TPSA) is 52.6 Å². The highest BCUT2D eigenvalue weighted by molar-refractivity contribution is 6.15. The van der Waals surface area contributed by atoms with Crippen molar-refractivity contribution in [1.29, 1.82) is 0 Å². The van der Waals surface area contributed by atoms with Crippen LogP contribution >= 0.6 is 0 Å². The van der Waals surface area contributed by atoms with E-state index in [0.29, 0.717) is 23.3 Å². The van der Waals surface area contributed by atoms with Crippen LogP contribution in [0.5, 0.6) is 0 Å². The van der Waals surface area contributed by atoms with E-state index in [0.717, 1.165) is 38.8 Å². The van der Waals surface area contributed by atoms with Crippen LogP contribution in [0.4, 0.5) is 0 Å². The summed E-state index contributed by atoms with van der Waals surface area (Å²) in [4.78, 5) is 25.4. The largest absolute Gasteiger partial charge is 0.353 e. The fraction of sp³-hybridized carbons (Fsp3) is 0.838. The van der Waals surface area contributed by atoms with Gasteiger partial charge in [0.1, 0.15) is 0 Å². The minimum Gasteiger partial charge on any atom is -0.353 e. The molecule has 0 radical (unpaired) electrons. The van der Waals surface area contributed by atoms with Crippen LogP contribution in [0.25, 0.3) is 0 Å². The Labute approximate surface area is 250 Å². The zero-order valence-corrected chi connectivity index (χ0v) is 27.3. The van der Waals surface area contributed by atoms with Gasteiger partial charge in [0.05, 0.1) is 12.2 Å². The molecule has 0 bridgehead atoms. The third kappa shape index (κ3) is 4.95. The highest BCUT2D eigenvalue weighted by atomic mass is 16.7. The SMILES string of the molecule is C=C(C)[C@@H]1CC[C@@](CC[C@]2(C)CCC[C@@H]3[C@@]4(C)C=C(C=O)C(=O)C(C)(C)[C@@H]4CC[C@]32C)(COC2CCCCO2)[C@H]1C. The molecule has 4 nitrogen and oxygen atoms in total. The second-order valence-electron chi connectivity index (χ2n) is 16.4. The van der Waals surface area contributed by atoms with E-state index >= 15 is 0 Å². The monoisotopic (exact) mass is 566 g/mol.